The van der Waals surface area contributed by atoms with Gasteiger partial charge in [-0.3, -0.25) is 4.79 Å². The molecule has 3 aromatic rings. The van der Waals surface area contributed by atoms with Gasteiger partial charge in [0.1, 0.15) is 0 Å². The van der Waals surface area contributed by atoms with Gasteiger partial charge in [-0.2, -0.15) is 18.3 Å². The van der Waals surface area contributed by atoms with Crippen molar-refractivity contribution in [2.45, 2.75) is 20.0 Å². The maximum atomic E-state index is 13.9. The fraction of sp³-hybridized carbons (Fsp3) is 0.333. The van der Waals surface area contributed by atoms with Gasteiger partial charge in [0, 0.05) is 42.6 Å². The molecule has 10 heteroatoms. The standard InChI is InChI=1S/C24H25ClF3N5O/c1-3-31-10-12-32(13-11-31)21-9-6-18(14-16(21)2)30-23(34)20-15-29-33(22(20)24(26,27)28)19-7-4-17(25)5-8-19/h4-9,14-15H,3,10-13H2,1-2H3,(H,30,34). The minimum atomic E-state index is -4.79. The van der Waals surface area contributed by atoms with Crippen LogP contribution in [0.15, 0.2) is 48.7 Å². The van der Waals surface area contributed by atoms with Gasteiger partial charge in [0.15, 0.2) is 5.69 Å². The van der Waals surface area contributed by atoms with E-state index in [0.29, 0.717) is 15.4 Å². The Kier molecular flexibility index (Phi) is 6.86. The molecule has 1 amide bonds. The number of nitrogens with zero attached hydrogens (tertiary/aromatic N) is 4. The number of carbonyl (C=O) groups excluding carboxylic acids is 1. The molecular weight excluding hydrogens is 467 g/mol. The SMILES string of the molecule is CCN1CCN(c2ccc(NC(=O)c3cnn(-c4ccc(Cl)cc4)c3C(F)(F)F)cc2C)CC1. The number of amides is 1. The van der Waals surface area contributed by atoms with E-state index in [9.17, 15) is 18.0 Å². The van der Waals surface area contributed by atoms with E-state index in [4.69, 9.17) is 11.6 Å². The number of hydrogen-bond donors (Lipinski definition) is 1. The van der Waals surface area contributed by atoms with Gasteiger partial charge in [0.2, 0.25) is 0 Å². The topological polar surface area (TPSA) is 53.4 Å². The molecule has 0 radical (unpaired) electrons. The minimum Gasteiger partial charge on any atom is -0.369 e. The van der Waals surface area contributed by atoms with E-state index in [1.165, 1.54) is 24.3 Å². The Bertz CT molecular complexity index is 1170. The van der Waals surface area contributed by atoms with Crippen molar-refractivity contribution in [2.75, 3.05) is 42.9 Å². The Morgan fingerprint density at radius 2 is 1.76 bits per heavy atom. The molecule has 1 N–H and O–H groups in total. The number of piperazine rings is 1. The van der Waals surface area contributed by atoms with Crippen molar-refractivity contribution in [2.24, 2.45) is 0 Å². The number of nitrogens with one attached hydrogen (secondary N) is 1. The van der Waals surface area contributed by atoms with Gasteiger partial charge in [0.25, 0.3) is 5.91 Å². The van der Waals surface area contributed by atoms with Crippen LogP contribution >= 0.6 is 11.6 Å². The second-order valence-corrected chi connectivity index (χ2v) is 8.61. The first-order chi connectivity index (χ1) is 16.2. The first kappa shape index (κ1) is 24.1. The molecule has 0 bridgehead atoms. The maximum Gasteiger partial charge on any atom is 0.434 e. The summed E-state index contributed by atoms with van der Waals surface area (Å²) in [6.07, 6.45) is -3.86. The van der Waals surface area contributed by atoms with E-state index in [0.717, 1.165) is 50.2 Å². The van der Waals surface area contributed by atoms with Crippen molar-refractivity contribution in [1.82, 2.24) is 14.7 Å². The average molecular weight is 492 g/mol. The Morgan fingerprint density at radius 1 is 1.09 bits per heavy atom. The van der Waals surface area contributed by atoms with Crippen LogP contribution in [-0.2, 0) is 6.18 Å². The lowest BCUT2D eigenvalue weighted by molar-refractivity contribution is -0.143. The highest BCUT2D eigenvalue weighted by molar-refractivity contribution is 6.30. The second kappa shape index (κ2) is 9.68. The van der Waals surface area contributed by atoms with Crippen LogP contribution in [0.5, 0.6) is 0 Å². The molecule has 2 heterocycles. The fourth-order valence-corrected chi connectivity index (χ4v) is 4.28. The molecule has 0 atom stereocenters. The molecule has 0 aliphatic carbocycles. The van der Waals surface area contributed by atoms with Crippen LogP contribution in [0.3, 0.4) is 0 Å². The molecule has 1 aliphatic heterocycles. The zero-order valence-corrected chi connectivity index (χ0v) is 19.6. The van der Waals surface area contributed by atoms with Crippen LogP contribution in [0.25, 0.3) is 5.69 Å². The highest BCUT2D eigenvalue weighted by atomic mass is 35.5. The number of rotatable bonds is 5. The second-order valence-electron chi connectivity index (χ2n) is 8.17. The van der Waals surface area contributed by atoms with E-state index in [-0.39, 0.29) is 5.69 Å². The van der Waals surface area contributed by atoms with Gasteiger partial charge in [0.05, 0.1) is 17.4 Å². The van der Waals surface area contributed by atoms with E-state index >= 15 is 0 Å². The lowest BCUT2D eigenvalue weighted by Gasteiger charge is -2.36. The quantitative estimate of drug-likeness (QED) is 0.530. The monoisotopic (exact) mass is 491 g/mol. The first-order valence-electron chi connectivity index (χ1n) is 11.0. The molecule has 0 unspecified atom stereocenters. The number of halogens is 4. The zero-order valence-electron chi connectivity index (χ0n) is 18.9. The summed E-state index contributed by atoms with van der Waals surface area (Å²) >= 11 is 5.84. The summed E-state index contributed by atoms with van der Waals surface area (Å²) in [6, 6.07) is 11.1. The van der Waals surface area contributed by atoms with Crippen LogP contribution in [0.1, 0.15) is 28.5 Å². The van der Waals surface area contributed by atoms with Crippen molar-refractivity contribution in [3.8, 4) is 5.69 Å². The van der Waals surface area contributed by atoms with Crippen molar-refractivity contribution < 1.29 is 18.0 Å². The molecule has 0 spiro atoms. The predicted octanol–water partition coefficient (Wildman–Crippen LogP) is 5.25. The summed E-state index contributed by atoms with van der Waals surface area (Å²) in [5.41, 5.74) is 0.871. The Morgan fingerprint density at radius 3 is 2.35 bits per heavy atom. The largest absolute Gasteiger partial charge is 0.434 e. The summed E-state index contributed by atoms with van der Waals surface area (Å²) in [6.45, 7) is 8.85. The number of aryl methyl sites for hydroxylation is 1. The van der Waals surface area contributed by atoms with Crippen LogP contribution in [-0.4, -0.2) is 53.3 Å². The zero-order chi connectivity index (χ0) is 24.5. The number of likely N-dealkylation sites (N-methyl/N-ethyl adjacent to an activating group) is 1. The molecule has 6 nitrogen and oxygen atoms in total. The van der Waals surface area contributed by atoms with Crippen LogP contribution < -0.4 is 10.2 Å². The Labute approximate surface area is 200 Å². The summed E-state index contributed by atoms with van der Waals surface area (Å²) < 4.78 is 42.4. The van der Waals surface area contributed by atoms with E-state index in [1.54, 1.807) is 12.1 Å². The summed E-state index contributed by atoms with van der Waals surface area (Å²) in [5.74, 6) is -0.878. The van der Waals surface area contributed by atoms with Gasteiger partial charge in [-0.1, -0.05) is 18.5 Å². The van der Waals surface area contributed by atoms with Gasteiger partial charge in [-0.15, -0.1) is 0 Å². The molecule has 2 aromatic carbocycles. The summed E-state index contributed by atoms with van der Waals surface area (Å²) in [4.78, 5) is 17.5. The normalized spacial score (nSPS) is 14.9. The van der Waals surface area contributed by atoms with Crippen molar-refractivity contribution in [3.63, 3.8) is 0 Å². The third-order valence-corrected chi connectivity index (χ3v) is 6.22. The molecule has 1 fully saturated rings. The minimum absolute atomic E-state index is 0.152. The Balaban J connectivity index is 1.56. The summed E-state index contributed by atoms with van der Waals surface area (Å²) in [5, 5.41) is 6.81. The van der Waals surface area contributed by atoms with Gasteiger partial charge in [-0.25, -0.2) is 4.68 Å². The number of benzene rings is 2. The van der Waals surface area contributed by atoms with Crippen LogP contribution in [0, 0.1) is 6.92 Å². The first-order valence-corrected chi connectivity index (χ1v) is 11.4. The van der Waals surface area contributed by atoms with Crippen molar-refractivity contribution in [1.29, 1.82) is 0 Å². The maximum absolute atomic E-state index is 13.9. The molecule has 34 heavy (non-hydrogen) atoms. The van der Waals surface area contributed by atoms with Crippen LogP contribution in [0.2, 0.25) is 5.02 Å². The number of aromatic nitrogens is 2. The number of alkyl halides is 3. The van der Waals surface area contributed by atoms with Gasteiger partial charge in [-0.05, 0) is 61.5 Å². The van der Waals surface area contributed by atoms with Crippen LogP contribution in [0.4, 0.5) is 24.5 Å². The highest BCUT2D eigenvalue weighted by Gasteiger charge is 2.40. The lowest BCUT2D eigenvalue weighted by atomic mass is 10.1. The summed E-state index contributed by atoms with van der Waals surface area (Å²) in [7, 11) is 0. The van der Waals surface area contributed by atoms with Gasteiger partial charge >= 0.3 is 6.18 Å². The third kappa shape index (κ3) is 5.05. The van der Waals surface area contributed by atoms with Gasteiger partial charge < -0.3 is 15.1 Å². The smallest absolute Gasteiger partial charge is 0.369 e. The number of anilines is 2. The molecule has 0 saturated carbocycles. The highest BCUT2D eigenvalue weighted by Crippen LogP contribution is 2.34. The van der Waals surface area contributed by atoms with E-state index in [1.807, 2.05) is 13.0 Å². The molecule has 1 aromatic heterocycles. The third-order valence-electron chi connectivity index (χ3n) is 5.97. The van der Waals surface area contributed by atoms with E-state index < -0.39 is 23.3 Å². The van der Waals surface area contributed by atoms with E-state index in [2.05, 4.69) is 27.1 Å². The predicted molar refractivity (Wildman–Crippen MR) is 127 cm³/mol. The number of carbonyl (C=O) groups is 1. The molecule has 4 rings (SSSR count). The lowest BCUT2D eigenvalue weighted by Crippen LogP contribution is -2.46. The number of hydrogen-bond acceptors (Lipinski definition) is 4. The molecule has 1 aliphatic rings. The average Bonchev–Trinajstić information content (AvgIpc) is 3.26. The van der Waals surface area contributed by atoms with Crippen molar-refractivity contribution >= 4 is 28.9 Å². The molecular formula is C24H25ClF3N5O. The molecule has 1 saturated heterocycles. The Hall–Kier alpha value is -3.04. The molecule has 180 valence electrons. The van der Waals surface area contributed by atoms with Crippen molar-refractivity contribution in [3.05, 3.63) is 70.5 Å². The fourth-order valence-electron chi connectivity index (χ4n) is 4.16.